The minimum atomic E-state index is -3.69. The quantitative estimate of drug-likeness (QED) is 0.477. The Labute approximate surface area is 173 Å². The molecule has 0 atom stereocenters. The fourth-order valence-corrected chi connectivity index (χ4v) is 4.68. The largest absolute Gasteiger partial charge is 0.493 e. The Hall–Kier alpha value is -2.16. The van der Waals surface area contributed by atoms with Gasteiger partial charge in [-0.3, -0.25) is 0 Å². The van der Waals surface area contributed by atoms with Crippen LogP contribution in [0.25, 0.3) is 0 Å². The predicted octanol–water partition coefficient (Wildman–Crippen LogP) is 2.92. The topological polar surface area (TPSA) is 80.8 Å². The number of hydrogen-bond acceptors (Lipinski definition) is 5. The van der Waals surface area contributed by atoms with Gasteiger partial charge in [-0.05, 0) is 36.2 Å². The van der Waals surface area contributed by atoms with Crippen molar-refractivity contribution in [2.24, 2.45) is 0 Å². The number of ether oxygens (including phenoxy) is 1. The molecule has 6 nitrogen and oxygen atoms in total. The summed E-state index contributed by atoms with van der Waals surface area (Å²) in [5, 5.41) is 0. The predicted molar refractivity (Wildman–Crippen MR) is 115 cm³/mol. The lowest BCUT2D eigenvalue weighted by Gasteiger charge is -2.21. The number of rotatable bonds is 12. The van der Waals surface area contributed by atoms with Crippen LogP contribution in [-0.2, 0) is 26.3 Å². The van der Waals surface area contributed by atoms with E-state index in [1.165, 1.54) is 28.6 Å². The summed E-state index contributed by atoms with van der Waals surface area (Å²) in [6.45, 7) is 5.83. The summed E-state index contributed by atoms with van der Waals surface area (Å²) in [7, 11) is -6.79. The Morgan fingerprint density at radius 3 is 2.24 bits per heavy atom. The zero-order valence-electron chi connectivity index (χ0n) is 16.5. The standard InChI is InChI=1S/C21H27NO5S2/c1-3-15-22(16-14-19-8-6-5-7-9-19)29(25,26)21-12-10-20(11-13-21)27-17-18-28(23,24)4-2/h3,5-13H,1,4,14-18H2,2H3. The summed E-state index contributed by atoms with van der Waals surface area (Å²) in [4.78, 5) is 0.154. The highest BCUT2D eigenvalue weighted by molar-refractivity contribution is 7.91. The summed E-state index contributed by atoms with van der Waals surface area (Å²) in [6, 6.07) is 15.7. The third kappa shape index (κ3) is 6.99. The second-order valence-corrected chi connectivity index (χ2v) is 10.9. The molecule has 0 saturated carbocycles. The molecule has 0 amide bonds. The molecular weight excluding hydrogens is 410 g/mol. The SMILES string of the molecule is C=CCN(CCc1ccccc1)S(=O)(=O)c1ccc(OCCS(=O)(=O)CC)cc1. The molecule has 0 fully saturated rings. The van der Waals surface area contributed by atoms with Crippen molar-refractivity contribution in [1.82, 2.24) is 4.31 Å². The number of sulfonamides is 1. The van der Waals surface area contributed by atoms with Gasteiger partial charge in [0.25, 0.3) is 0 Å². The third-order valence-electron chi connectivity index (χ3n) is 4.39. The Morgan fingerprint density at radius 1 is 1.00 bits per heavy atom. The average molecular weight is 438 g/mol. The van der Waals surface area contributed by atoms with E-state index in [4.69, 9.17) is 4.74 Å². The molecule has 2 aromatic carbocycles. The van der Waals surface area contributed by atoms with Crippen molar-refractivity contribution in [2.45, 2.75) is 18.2 Å². The maximum atomic E-state index is 13.0. The lowest BCUT2D eigenvalue weighted by atomic mass is 10.1. The van der Waals surface area contributed by atoms with Crippen LogP contribution >= 0.6 is 0 Å². The highest BCUT2D eigenvalue weighted by Gasteiger charge is 2.23. The normalized spacial score (nSPS) is 12.1. The van der Waals surface area contributed by atoms with Crippen LogP contribution in [0.4, 0.5) is 0 Å². The van der Waals surface area contributed by atoms with Crippen LogP contribution in [0, 0.1) is 0 Å². The van der Waals surface area contributed by atoms with E-state index >= 15 is 0 Å². The van der Waals surface area contributed by atoms with Crippen molar-refractivity contribution >= 4 is 19.9 Å². The van der Waals surface area contributed by atoms with Crippen LogP contribution in [0.5, 0.6) is 5.75 Å². The van der Waals surface area contributed by atoms with E-state index in [1.807, 2.05) is 30.3 Å². The molecule has 0 spiro atoms. The van der Waals surface area contributed by atoms with E-state index in [1.54, 1.807) is 13.0 Å². The zero-order chi connectivity index (χ0) is 21.3. The van der Waals surface area contributed by atoms with Gasteiger partial charge < -0.3 is 4.74 Å². The molecule has 0 heterocycles. The minimum absolute atomic E-state index is 0.0297. The van der Waals surface area contributed by atoms with E-state index in [-0.39, 0.29) is 29.6 Å². The molecule has 0 aliphatic rings. The van der Waals surface area contributed by atoms with Gasteiger partial charge in [0.05, 0.1) is 10.6 Å². The first-order valence-corrected chi connectivity index (χ1v) is 12.6. The lowest BCUT2D eigenvalue weighted by Crippen LogP contribution is -2.33. The first kappa shape index (κ1) is 23.1. The zero-order valence-corrected chi connectivity index (χ0v) is 18.2. The monoisotopic (exact) mass is 437 g/mol. The van der Waals surface area contributed by atoms with Crippen LogP contribution in [0.1, 0.15) is 12.5 Å². The molecule has 2 aromatic rings. The summed E-state index contributed by atoms with van der Waals surface area (Å²) in [6.07, 6.45) is 2.16. The molecule has 0 aliphatic carbocycles. The van der Waals surface area contributed by atoms with Gasteiger partial charge in [-0.25, -0.2) is 16.8 Å². The van der Waals surface area contributed by atoms with Gasteiger partial charge >= 0.3 is 0 Å². The van der Waals surface area contributed by atoms with Crippen molar-refractivity contribution < 1.29 is 21.6 Å². The van der Waals surface area contributed by atoms with Gasteiger partial charge in [-0.15, -0.1) is 6.58 Å². The summed E-state index contributed by atoms with van der Waals surface area (Å²) < 4.78 is 55.8. The van der Waals surface area contributed by atoms with Gasteiger partial charge in [-0.1, -0.05) is 43.3 Å². The molecule has 0 bridgehead atoms. The number of nitrogens with zero attached hydrogens (tertiary/aromatic N) is 1. The molecule has 8 heteroatoms. The van der Waals surface area contributed by atoms with Gasteiger partial charge in [0.1, 0.15) is 12.4 Å². The smallest absolute Gasteiger partial charge is 0.243 e. The fourth-order valence-electron chi connectivity index (χ4n) is 2.64. The number of sulfone groups is 1. The lowest BCUT2D eigenvalue weighted by molar-refractivity contribution is 0.340. The van der Waals surface area contributed by atoms with Crippen molar-refractivity contribution in [3.63, 3.8) is 0 Å². The Bertz CT molecular complexity index is 985. The molecule has 158 valence electrons. The number of hydrogen-bond donors (Lipinski definition) is 0. The van der Waals surface area contributed by atoms with Crippen LogP contribution < -0.4 is 4.74 Å². The van der Waals surface area contributed by atoms with Crippen LogP contribution in [-0.4, -0.2) is 52.3 Å². The van der Waals surface area contributed by atoms with Crippen molar-refractivity contribution in [2.75, 3.05) is 31.2 Å². The highest BCUT2D eigenvalue weighted by Crippen LogP contribution is 2.20. The summed E-state index contributed by atoms with van der Waals surface area (Å²) in [5.74, 6) is 0.418. The van der Waals surface area contributed by atoms with Gasteiger partial charge in [0, 0.05) is 18.8 Å². The second-order valence-electron chi connectivity index (χ2n) is 6.44. The van der Waals surface area contributed by atoms with Gasteiger partial charge in [0.15, 0.2) is 9.84 Å². The van der Waals surface area contributed by atoms with Gasteiger partial charge in [-0.2, -0.15) is 4.31 Å². The summed E-state index contributed by atoms with van der Waals surface area (Å²) >= 11 is 0. The second kappa shape index (κ2) is 10.6. The van der Waals surface area contributed by atoms with E-state index in [0.717, 1.165) is 5.56 Å². The molecule has 0 unspecified atom stereocenters. The van der Waals surface area contributed by atoms with Crippen LogP contribution in [0.2, 0.25) is 0 Å². The minimum Gasteiger partial charge on any atom is -0.493 e. The first-order chi connectivity index (χ1) is 13.8. The molecule has 2 rings (SSSR count). The molecule has 0 aromatic heterocycles. The first-order valence-electron chi connectivity index (χ1n) is 9.37. The Balaban J connectivity index is 2.05. The van der Waals surface area contributed by atoms with Crippen LogP contribution in [0.3, 0.4) is 0 Å². The van der Waals surface area contributed by atoms with Crippen LogP contribution in [0.15, 0.2) is 72.1 Å². The molecule has 0 saturated heterocycles. The van der Waals surface area contributed by atoms with E-state index < -0.39 is 19.9 Å². The Kier molecular flexibility index (Phi) is 8.43. The molecule has 29 heavy (non-hydrogen) atoms. The maximum absolute atomic E-state index is 13.0. The third-order valence-corrected chi connectivity index (χ3v) is 7.94. The average Bonchev–Trinajstić information content (AvgIpc) is 2.72. The molecule has 0 radical (unpaired) electrons. The fraction of sp³-hybridized carbons (Fsp3) is 0.333. The Morgan fingerprint density at radius 2 is 1.66 bits per heavy atom. The molecular formula is C21H27NO5S2. The maximum Gasteiger partial charge on any atom is 0.243 e. The van der Waals surface area contributed by atoms with E-state index in [0.29, 0.717) is 18.7 Å². The van der Waals surface area contributed by atoms with E-state index in [2.05, 4.69) is 6.58 Å². The van der Waals surface area contributed by atoms with Crippen molar-refractivity contribution in [3.8, 4) is 5.75 Å². The van der Waals surface area contributed by atoms with Gasteiger partial charge in [0.2, 0.25) is 10.0 Å². The van der Waals surface area contributed by atoms with Crippen molar-refractivity contribution in [1.29, 1.82) is 0 Å². The van der Waals surface area contributed by atoms with Crippen molar-refractivity contribution in [3.05, 3.63) is 72.8 Å². The van der Waals surface area contributed by atoms with E-state index in [9.17, 15) is 16.8 Å². The summed E-state index contributed by atoms with van der Waals surface area (Å²) in [5.41, 5.74) is 1.06. The molecule has 0 aliphatic heterocycles. The molecule has 0 N–H and O–H groups in total. The highest BCUT2D eigenvalue weighted by atomic mass is 32.2. The number of benzene rings is 2.